The van der Waals surface area contributed by atoms with Crippen LogP contribution < -0.4 is 0 Å². The van der Waals surface area contributed by atoms with E-state index in [0.29, 0.717) is 6.61 Å². The highest BCUT2D eigenvalue weighted by molar-refractivity contribution is 8.00. The van der Waals surface area contributed by atoms with E-state index in [1.807, 2.05) is 11.8 Å². The maximum atomic E-state index is 8.55. The molecule has 2 nitrogen and oxygen atoms in total. The second-order valence-corrected chi connectivity index (χ2v) is 9.35. The predicted octanol–water partition coefficient (Wildman–Crippen LogP) is 1.88. The number of aliphatic hydroxyl groups is 1. The monoisotopic (exact) mass is 208 g/mol. The highest BCUT2D eigenvalue weighted by Crippen LogP contribution is 2.13. The van der Waals surface area contributed by atoms with Gasteiger partial charge in [0.1, 0.15) is 0 Å². The van der Waals surface area contributed by atoms with Crippen LogP contribution in [0.15, 0.2) is 0 Å². The maximum Gasteiger partial charge on any atom is 0.195 e. The van der Waals surface area contributed by atoms with Gasteiger partial charge in [0, 0.05) is 19.1 Å². The molecule has 0 aliphatic rings. The van der Waals surface area contributed by atoms with Gasteiger partial charge in [-0.1, -0.05) is 0 Å². The van der Waals surface area contributed by atoms with Gasteiger partial charge in [0.05, 0.1) is 0 Å². The van der Waals surface area contributed by atoms with Crippen molar-refractivity contribution < 1.29 is 9.53 Å². The van der Waals surface area contributed by atoms with E-state index >= 15 is 0 Å². The zero-order valence-electron chi connectivity index (χ0n) is 8.30. The highest BCUT2D eigenvalue weighted by atomic mass is 32.2. The number of aliphatic hydroxyl groups excluding tert-OH is 1. The molecular weight excluding hydrogens is 188 g/mol. The lowest BCUT2D eigenvalue weighted by Crippen LogP contribution is -2.32. The fourth-order valence-electron chi connectivity index (χ4n) is 0.693. The number of unbranched alkanes of at least 4 members (excludes halogenated alkanes) is 1. The van der Waals surface area contributed by atoms with Crippen LogP contribution in [0.5, 0.6) is 0 Å². The lowest BCUT2D eigenvalue weighted by Gasteiger charge is -2.18. The van der Waals surface area contributed by atoms with Crippen LogP contribution in [0.2, 0.25) is 13.1 Å². The summed E-state index contributed by atoms with van der Waals surface area (Å²) in [6, 6.07) is 0. The lowest BCUT2D eigenvalue weighted by molar-refractivity contribution is 0.287. The first-order valence-corrected chi connectivity index (χ1v) is 8.63. The molecule has 0 aliphatic carbocycles. The summed E-state index contributed by atoms with van der Waals surface area (Å²) in [4.78, 5) is 0. The Morgan fingerprint density at radius 1 is 1.33 bits per heavy atom. The molecule has 0 heterocycles. The van der Waals surface area contributed by atoms with E-state index in [9.17, 15) is 0 Å². The largest absolute Gasteiger partial charge is 0.420 e. The molecule has 0 aromatic heterocycles. The summed E-state index contributed by atoms with van der Waals surface area (Å²) in [6.45, 7) is 4.78. The Balaban J connectivity index is 3.19. The van der Waals surface area contributed by atoms with E-state index in [4.69, 9.17) is 9.53 Å². The first kappa shape index (κ1) is 12.5. The van der Waals surface area contributed by atoms with Crippen LogP contribution in [0.3, 0.4) is 0 Å². The van der Waals surface area contributed by atoms with Crippen molar-refractivity contribution in [3.05, 3.63) is 0 Å². The Hall–Kier alpha value is 0.487. The fourth-order valence-corrected chi connectivity index (χ4v) is 4.12. The lowest BCUT2D eigenvalue weighted by atomic mass is 10.4. The zero-order valence-corrected chi connectivity index (χ0v) is 10.1. The van der Waals surface area contributed by atoms with Gasteiger partial charge in [-0.3, -0.25) is 0 Å². The van der Waals surface area contributed by atoms with Crippen molar-refractivity contribution >= 4 is 20.1 Å². The van der Waals surface area contributed by atoms with E-state index in [2.05, 4.69) is 13.1 Å². The number of hydrogen-bond acceptors (Lipinski definition) is 3. The fraction of sp³-hybridized carbons (Fsp3) is 1.00. The predicted molar refractivity (Wildman–Crippen MR) is 58.1 cm³/mol. The topological polar surface area (TPSA) is 29.5 Å². The minimum Gasteiger partial charge on any atom is -0.420 e. The molecule has 0 atom stereocenters. The van der Waals surface area contributed by atoms with Crippen molar-refractivity contribution in [2.24, 2.45) is 0 Å². The molecule has 0 saturated heterocycles. The van der Waals surface area contributed by atoms with Crippen LogP contribution in [-0.2, 0) is 4.43 Å². The van der Waals surface area contributed by atoms with E-state index in [0.717, 1.165) is 24.0 Å². The van der Waals surface area contributed by atoms with Gasteiger partial charge in [-0.25, -0.2) is 0 Å². The normalized spacial score (nSPS) is 12.0. The summed E-state index contributed by atoms with van der Waals surface area (Å²) in [7, 11) is 0.469. The molecule has 1 N–H and O–H groups in total. The van der Waals surface area contributed by atoms with Crippen molar-refractivity contribution in [3.8, 4) is 0 Å². The van der Waals surface area contributed by atoms with E-state index in [1.54, 1.807) is 7.11 Å². The minimum absolute atomic E-state index is 0.325. The van der Waals surface area contributed by atoms with Crippen LogP contribution in [0.25, 0.3) is 0 Å². The van der Waals surface area contributed by atoms with Gasteiger partial charge in [0.25, 0.3) is 0 Å². The molecule has 12 heavy (non-hydrogen) atoms. The first-order chi connectivity index (χ1) is 5.62. The second-order valence-electron chi connectivity index (χ2n) is 3.45. The third-order valence-corrected chi connectivity index (χ3v) is 6.98. The average molecular weight is 208 g/mol. The molecule has 0 aromatic rings. The summed E-state index contributed by atoms with van der Waals surface area (Å²) in [5, 5.41) is 9.71. The first-order valence-electron chi connectivity index (χ1n) is 4.36. The van der Waals surface area contributed by atoms with Crippen LogP contribution in [-0.4, -0.2) is 38.3 Å². The zero-order chi connectivity index (χ0) is 9.45. The van der Waals surface area contributed by atoms with Gasteiger partial charge in [0.15, 0.2) is 8.32 Å². The molecule has 0 bridgehead atoms. The molecule has 0 aliphatic heterocycles. The molecular formula is C8H20O2SSi. The molecule has 0 radical (unpaired) electrons. The highest BCUT2D eigenvalue weighted by Gasteiger charge is 2.19. The summed E-state index contributed by atoms with van der Waals surface area (Å²) in [5.74, 6) is 1.15. The Bertz CT molecular complexity index is 109. The summed E-state index contributed by atoms with van der Waals surface area (Å²) in [5.41, 5.74) is 0. The molecule has 0 aromatic carbocycles. The van der Waals surface area contributed by atoms with Crippen molar-refractivity contribution in [1.82, 2.24) is 0 Å². The van der Waals surface area contributed by atoms with Gasteiger partial charge in [-0.05, 0) is 31.7 Å². The van der Waals surface area contributed by atoms with Crippen LogP contribution in [0, 0.1) is 0 Å². The minimum atomic E-state index is -1.34. The Labute approximate surface area is 80.8 Å². The average Bonchev–Trinajstić information content (AvgIpc) is 2.04. The smallest absolute Gasteiger partial charge is 0.195 e. The summed E-state index contributed by atoms with van der Waals surface area (Å²) in [6.07, 6.45) is 2.05. The molecule has 74 valence electrons. The molecule has 4 heteroatoms. The third kappa shape index (κ3) is 7.15. The quantitative estimate of drug-likeness (QED) is 0.512. The van der Waals surface area contributed by atoms with Gasteiger partial charge in [-0.2, -0.15) is 11.8 Å². The number of hydrogen-bond donors (Lipinski definition) is 1. The van der Waals surface area contributed by atoms with Gasteiger partial charge in [-0.15, -0.1) is 0 Å². The van der Waals surface area contributed by atoms with Crippen LogP contribution >= 0.6 is 11.8 Å². The van der Waals surface area contributed by atoms with E-state index in [1.165, 1.54) is 0 Å². The molecule has 0 unspecified atom stereocenters. The molecule has 0 saturated carbocycles. The van der Waals surface area contributed by atoms with E-state index in [-0.39, 0.29) is 0 Å². The second kappa shape index (κ2) is 6.94. The van der Waals surface area contributed by atoms with Gasteiger partial charge >= 0.3 is 0 Å². The van der Waals surface area contributed by atoms with Crippen LogP contribution in [0.4, 0.5) is 0 Å². The van der Waals surface area contributed by atoms with Gasteiger partial charge in [0.2, 0.25) is 0 Å². The Morgan fingerprint density at radius 2 is 2.00 bits per heavy atom. The molecule has 0 fully saturated rings. The van der Waals surface area contributed by atoms with Crippen molar-refractivity contribution in [3.63, 3.8) is 0 Å². The summed E-state index contributed by atoms with van der Waals surface area (Å²) >= 11 is 1.95. The van der Waals surface area contributed by atoms with E-state index < -0.39 is 8.32 Å². The number of thioether (sulfide) groups is 1. The Morgan fingerprint density at radius 3 is 2.50 bits per heavy atom. The molecule has 0 spiro atoms. The molecule has 0 amide bonds. The SMILES string of the molecule is CO[Si](C)(C)CSCCCCO. The maximum absolute atomic E-state index is 8.55. The van der Waals surface area contributed by atoms with Crippen molar-refractivity contribution in [2.75, 3.05) is 24.8 Å². The van der Waals surface area contributed by atoms with Gasteiger partial charge < -0.3 is 9.53 Å². The van der Waals surface area contributed by atoms with Crippen LogP contribution in [0.1, 0.15) is 12.8 Å². The third-order valence-electron chi connectivity index (χ3n) is 1.70. The standard InChI is InChI=1S/C8H20O2SSi/c1-10-12(2,3)8-11-7-5-4-6-9/h9H,4-8H2,1-3H3. The summed E-state index contributed by atoms with van der Waals surface area (Å²) < 4.78 is 5.41. The number of rotatable bonds is 7. The van der Waals surface area contributed by atoms with Crippen molar-refractivity contribution in [2.45, 2.75) is 25.9 Å². The Kier molecular flexibility index (Phi) is 7.23. The molecule has 0 rings (SSSR count). The van der Waals surface area contributed by atoms with Crippen molar-refractivity contribution in [1.29, 1.82) is 0 Å².